The van der Waals surface area contributed by atoms with Crippen LogP contribution in [-0.2, 0) is 4.79 Å². The van der Waals surface area contributed by atoms with Crippen molar-refractivity contribution in [2.75, 3.05) is 17.7 Å². The molecule has 0 fully saturated rings. The number of fused-ring (bicyclic) bond motifs is 1. The maximum Gasteiger partial charge on any atom is 0.236 e. The van der Waals surface area contributed by atoms with E-state index in [0.717, 1.165) is 11.3 Å². The summed E-state index contributed by atoms with van der Waals surface area (Å²) in [5, 5.41) is 2.74. The third-order valence-corrected chi connectivity index (χ3v) is 3.10. The number of nitrogens with zero attached hydrogens (tertiary/aromatic N) is 1. The molecule has 1 amide bonds. The average molecular weight is 255 g/mol. The summed E-state index contributed by atoms with van der Waals surface area (Å²) in [6.45, 7) is 0.345. The molecule has 1 aliphatic heterocycles. The number of nitrogen functional groups attached to an aromatic ring is 1. The number of aromatic nitrogens is 1. The van der Waals surface area contributed by atoms with Gasteiger partial charge in [-0.15, -0.1) is 0 Å². The van der Waals surface area contributed by atoms with Gasteiger partial charge in [0.1, 0.15) is 18.3 Å². The van der Waals surface area contributed by atoms with E-state index in [1.807, 2.05) is 24.3 Å². The molecule has 0 spiro atoms. The predicted molar refractivity (Wildman–Crippen MR) is 72.0 cm³/mol. The molecule has 1 aromatic carbocycles. The van der Waals surface area contributed by atoms with Crippen molar-refractivity contribution in [2.24, 2.45) is 0 Å². The van der Waals surface area contributed by atoms with E-state index in [0.29, 0.717) is 18.1 Å². The van der Waals surface area contributed by atoms with Gasteiger partial charge >= 0.3 is 0 Å². The minimum absolute atomic E-state index is 0.157. The van der Waals surface area contributed by atoms with Gasteiger partial charge < -0.3 is 15.8 Å². The quantitative estimate of drug-likeness (QED) is 0.857. The number of benzene rings is 1. The number of carbonyl (C=O) groups excluding carboxylic acids is 1. The van der Waals surface area contributed by atoms with Crippen LogP contribution in [0, 0.1) is 0 Å². The predicted octanol–water partition coefficient (Wildman–Crippen LogP) is 1.78. The van der Waals surface area contributed by atoms with Crippen LogP contribution in [0.15, 0.2) is 42.6 Å². The SMILES string of the molecule is Nc1cccnc1NC(=O)C1COc2ccccc21. The third-order valence-electron chi connectivity index (χ3n) is 3.10. The summed E-state index contributed by atoms with van der Waals surface area (Å²) in [6.07, 6.45) is 1.59. The van der Waals surface area contributed by atoms with Crippen LogP contribution in [0.25, 0.3) is 0 Å². The molecule has 1 atom stereocenters. The first-order chi connectivity index (χ1) is 9.25. The third kappa shape index (κ3) is 2.10. The molecule has 1 aromatic heterocycles. The molecule has 2 heterocycles. The Morgan fingerprint density at radius 3 is 3.00 bits per heavy atom. The number of amides is 1. The molecule has 0 saturated heterocycles. The molecule has 0 radical (unpaired) electrons. The highest BCUT2D eigenvalue weighted by atomic mass is 16.5. The standard InChI is InChI=1S/C14H13N3O2/c15-11-5-3-7-16-13(11)17-14(18)10-8-19-12-6-2-1-4-9(10)12/h1-7,10H,8,15H2,(H,16,17,18). The van der Waals surface area contributed by atoms with Crippen LogP contribution in [-0.4, -0.2) is 17.5 Å². The monoisotopic (exact) mass is 255 g/mol. The van der Waals surface area contributed by atoms with Gasteiger partial charge in [-0.1, -0.05) is 18.2 Å². The molecule has 0 saturated carbocycles. The van der Waals surface area contributed by atoms with Crippen LogP contribution in [0.4, 0.5) is 11.5 Å². The number of anilines is 2. The molecule has 1 unspecified atom stereocenters. The fourth-order valence-electron chi connectivity index (χ4n) is 2.11. The lowest BCUT2D eigenvalue weighted by Crippen LogP contribution is -2.23. The zero-order valence-electron chi connectivity index (χ0n) is 10.2. The Labute approximate surface area is 110 Å². The highest BCUT2D eigenvalue weighted by molar-refractivity contribution is 5.98. The van der Waals surface area contributed by atoms with E-state index in [2.05, 4.69) is 10.3 Å². The van der Waals surface area contributed by atoms with E-state index in [4.69, 9.17) is 10.5 Å². The minimum Gasteiger partial charge on any atom is -0.492 e. The molecule has 96 valence electrons. The van der Waals surface area contributed by atoms with Crippen molar-refractivity contribution in [3.05, 3.63) is 48.2 Å². The lowest BCUT2D eigenvalue weighted by molar-refractivity contribution is -0.117. The summed E-state index contributed by atoms with van der Waals surface area (Å²) in [5.41, 5.74) is 7.10. The number of nitrogens with one attached hydrogen (secondary N) is 1. The van der Waals surface area contributed by atoms with Gasteiger partial charge in [-0.3, -0.25) is 4.79 Å². The van der Waals surface area contributed by atoms with Crippen LogP contribution >= 0.6 is 0 Å². The molecule has 3 N–H and O–H groups in total. The van der Waals surface area contributed by atoms with E-state index >= 15 is 0 Å². The lowest BCUT2D eigenvalue weighted by atomic mass is 10.0. The van der Waals surface area contributed by atoms with Gasteiger partial charge in [-0.2, -0.15) is 0 Å². The van der Waals surface area contributed by atoms with Crippen molar-refractivity contribution in [1.82, 2.24) is 4.98 Å². The molecule has 0 aliphatic carbocycles. The topological polar surface area (TPSA) is 77.2 Å². The van der Waals surface area contributed by atoms with Crippen molar-refractivity contribution < 1.29 is 9.53 Å². The molecule has 19 heavy (non-hydrogen) atoms. The maximum absolute atomic E-state index is 12.2. The number of rotatable bonds is 2. The van der Waals surface area contributed by atoms with Gasteiger partial charge in [0.05, 0.1) is 5.69 Å². The van der Waals surface area contributed by atoms with Crippen LogP contribution in [0.5, 0.6) is 5.75 Å². The number of hydrogen-bond acceptors (Lipinski definition) is 4. The number of para-hydroxylation sites is 1. The molecule has 1 aliphatic rings. The Morgan fingerprint density at radius 2 is 2.16 bits per heavy atom. The Kier molecular flexibility index (Phi) is 2.79. The molecular weight excluding hydrogens is 242 g/mol. The van der Waals surface area contributed by atoms with E-state index in [1.54, 1.807) is 18.3 Å². The zero-order chi connectivity index (χ0) is 13.2. The normalized spacial score (nSPS) is 16.5. The van der Waals surface area contributed by atoms with Gasteiger partial charge in [-0.05, 0) is 18.2 Å². The molecule has 5 nitrogen and oxygen atoms in total. The maximum atomic E-state index is 12.2. The summed E-state index contributed by atoms with van der Waals surface area (Å²) < 4.78 is 5.49. The summed E-state index contributed by atoms with van der Waals surface area (Å²) in [7, 11) is 0. The van der Waals surface area contributed by atoms with Gasteiger partial charge in [0.25, 0.3) is 0 Å². The second kappa shape index (κ2) is 4.61. The van der Waals surface area contributed by atoms with E-state index in [-0.39, 0.29) is 11.8 Å². The van der Waals surface area contributed by atoms with Crippen LogP contribution in [0.3, 0.4) is 0 Å². The van der Waals surface area contributed by atoms with Crippen molar-refractivity contribution in [1.29, 1.82) is 0 Å². The molecule has 2 aromatic rings. The Hall–Kier alpha value is -2.56. The van der Waals surface area contributed by atoms with Crippen LogP contribution in [0.2, 0.25) is 0 Å². The zero-order valence-corrected chi connectivity index (χ0v) is 10.2. The van der Waals surface area contributed by atoms with Gasteiger partial charge in [0.15, 0.2) is 5.82 Å². The number of carbonyl (C=O) groups is 1. The Balaban J connectivity index is 1.81. The summed E-state index contributed by atoms with van der Waals surface area (Å²) in [5.74, 6) is 0.668. The number of ether oxygens (including phenoxy) is 1. The molecule has 0 bridgehead atoms. The molecule has 5 heteroatoms. The van der Waals surface area contributed by atoms with Gasteiger partial charge in [0.2, 0.25) is 5.91 Å². The van der Waals surface area contributed by atoms with Gasteiger partial charge in [0, 0.05) is 11.8 Å². The van der Waals surface area contributed by atoms with Gasteiger partial charge in [-0.25, -0.2) is 4.98 Å². The number of hydrogen-bond donors (Lipinski definition) is 2. The Morgan fingerprint density at radius 1 is 1.32 bits per heavy atom. The van der Waals surface area contributed by atoms with Crippen LogP contribution in [0.1, 0.15) is 11.5 Å². The van der Waals surface area contributed by atoms with E-state index in [1.165, 1.54) is 0 Å². The van der Waals surface area contributed by atoms with E-state index < -0.39 is 0 Å². The second-order valence-corrected chi connectivity index (χ2v) is 4.33. The highest BCUT2D eigenvalue weighted by Crippen LogP contribution is 2.34. The fourth-order valence-corrected chi connectivity index (χ4v) is 2.11. The van der Waals surface area contributed by atoms with Crippen LogP contribution < -0.4 is 15.8 Å². The van der Waals surface area contributed by atoms with Crippen molar-refractivity contribution in [3.8, 4) is 5.75 Å². The lowest BCUT2D eigenvalue weighted by Gasteiger charge is -2.10. The molecular formula is C14H13N3O2. The smallest absolute Gasteiger partial charge is 0.236 e. The first kappa shape index (κ1) is 11.5. The largest absolute Gasteiger partial charge is 0.492 e. The fraction of sp³-hybridized carbons (Fsp3) is 0.143. The molecule has 3 rings (SSSR count). The first-order valence-electron chi connectivity index (χ1n) is 5.99. The second-order valence-electron chi connectivity index (χ2n) is 4.33. The summed E-state index contributed by atoms with van der Waals surface area (Å²) in [6, 6.07) is 10.9. The summed E-state index contributed by atoms with van der Waals surface area (Å²) >= 11 is 0. The number of nitrogens with two attached hydrogens (primary N) is 1. The minimum atomic E-state index is -0.322. The average Bonchev–Trinajstić information content (AvgIpc) is 2.85. The van der Waals surface area contributed by atoms with Crippen molar-refractivity contribution in [3.63, 3.8) is 0 Å². The van der Waals surface area contributed by atoms with Crippen molar-refractivity contribution >= 4 is 17.4 Å². The van der Waals surface area contributed by atoms with E-state index in [9.17, 15) is 4.79 Å². The Bertz CT molecular complexity index is 628. The highest BCUT2D eigenvalue weighted by Gasteiger charge is 2.30. The summed E-state index contributed by atoms with van der Waals surface area (Å²) in [4.78, 5) is 16.3. The first-order valence-corrected chi connectivity index (χ1v) is 5.99. The van der Waals surface area contributed by atoms with Crippen molar-refractivity contribution in [2.45, 2.75) is 5.92 Å². The number of pyridine rings is 1.